The van der Waals surface area contributed by atoms with Gasteiger partial charge in [0.1, 0.15) is 50.9 Å². The minimum absolute atomic E-state index is 0.0245. The minimum atomic E-state index is -3.92. The van der Waals surface area contributed by atoms with E-state index in [9.17, 15) is 27.6 Å². The lowest BCUT2D eigenvalue weighted by atomic mass is 10.0. The van der Waals surface area contributed by atoms with Crippen LogP contribution in [0.25, 0.3) is 21.6 Å². The molecule has 1 saturated heterocycles. The molecule has 4 fully saturated rings. The van der Waals surface area contributed by atoms with Crippen LogP contribution in [0.1, 0.15) is 82.2 Å². The molecule has 0 spiro atoms. The number of sulfonamides is 1. The fourth-order valence-electron chi connectivity index (χ4n) is 8.16. The SMILES string of the molecule is COCCN(C)C(=O)NC1CCCCCC=CC2CC2(C(=O)NS(=O)(=O)C2CC2)NC(=O)C2CC(Oc3cc(-c4nc(C5CC5)cs4)nc4c(Cl)c(OC)ccc34)CN2C1=O. The number of urea groups is 1. The number of nitrogens with zero attached hydrogens (tertiary/aromatic N) is 4. The van der Waals surface area contributed by atoms with E-state index in [0.29, 0.717) is 84.3 Å². The topological polar surface area (TPSA) is 198 Å². The molecule has 16 nitrogen and oxygen atoms in total. The largest absolute Gasteiger partial charge is 0.495 e. The molecule has 1 aromatic carbocycles. The van der Waals surface area contributed by atoms with Crippen molar-refractivity contribution in [3.63, 3.8) is 0 Å². The molecule has 4 heterocycles. The van der Waals surface area contributed by atoms with Crippen molar-refractivity contribution in [2.45, 2.75) is 106 Å². The van der Waals surface area contributed by atoms with Gasteiger partial charge >= 0.3 is 6.03 Å². The molecule has 3 aromatic rings. The van der Waals surface area contributed by atoms with Gasteiger partial charge in [-0.05, 0) is 63.5 Å². The van der Waals surface area contributed by atoms with Crippen LogP contribution in [0.5, 0.6) is 11.5 Å². The highest BCUT2D eigenvalue weighted by Crippen LogP contribution is 2.47. The number of allylic oxidation sites excluding steroid dienone is 1. The monoisotopic (exact) mass is 897 g/mol. The Morgan fingerprint density at radius 2 is 1.89 bits per heavy atom. The third-order valence-corrected chi connectivity index (χ3v) is 15.3. The van der Waals surface area contributed by atoms with Gasteiger partial charge in [0.05, 0.1) is 36.7 Å². The maximum absolute atomic E-state index is 14.8. The normalized spacial score (nSPS) is 25.7. The van der Waals surface area contributed by atoms with E-state index in [1.54, 1.807) is 25.2 Å². The third kappa shape index (κ3) is 9.32. The molecule has 0 bridgehead atoms. The van der Waals surface area contributed by atoms with Crippen molar-refractivity contribution in [2.75, 3.05) is 41.0 Å². The molecule has 0 radical (unpaired) electrons. The predicted octanol–water partition coefficient (Wildman–Crippen LogP) is 4.91. The summed E-state index contributed by atoms with van der Waals surface area (Å²) in [6, 6.07) is 2.71. The molecule has 5 amide bonds. The Morgan fingerprint density at radius 3 is 2.62 bits per heavy atom. The van der Waals surface area contributed by atoms with E-state index >= 15 is 0 Å². The number of aromatic nitrogens is 2. The van der Waals surface area contributed by atoms with E-state index in [0.717, 1.165) is 31.4 Å². The number of fused-ring (bicyclic) bond motifs is 3. The zero-order valence-electron chi connectivity index (χ0n) is 34.5. The lowest BCUT2D eigenvalue weighted by molar-refractivity contribution is -0.141. The first-order valence-corrected chi connectivity index (χ1v) is 23.8. The van der Waals surface area contributed by atoms with Gasteiger partial charge in [-0.3, -0.25) is 19.1 Å². The number of carbonyl (C=O) groups excluding carboxylic acids is 4. The number of likely N-dealkylation sites (N-methyl/N-ethyl adjacent to an activating group) is 1. The van der Waals surface area contributed by atoms with Gasteiger partial charge in [0, 0.05) is 55.8 Å². The van der Waals surface area contributed by atoms with E-state index in [-0.39, 0.29) is 24.4 Å². The van der Waals surface area contributed by atoms with Crippen LogP contribution < -0.4 is 24.8 Å². The quantitative estimate of drug-likeness (QED) is 0.209. The summed E-state index contributed by atoms with van der Waals surface area (Å²) >= 11 is 8.34. The molecule has 2 aromatic heterocycles. The second-order valence-corrected chi connectivity index (χ2v) is 19.9. The van der Waals surface area contributed by atoms with Crippen LogP contribution in [0.15, 0.2) is 35.7 Å². The molecular formula is C42H52ClN7O9S2. The Bertz CT molecular complexity index is 2340. The summed E-state index contributed by atoms with van der Waals surface area (Å²) in [4.78, 5) is 69.4. The molecule has 3 aliphatic carbocycles. The molecular weight excluding hydrogens is 846 g/mol. The zero-order chi connectivity index (χ0) is 43.1. The number of thiazole rings is 1. The molecule has 3 N–H and O–H groups in total. The highest BCUT2D eigenvalue weighted by molar-refractivity contribution is 7.91. The zero-order valence-corrected chi connectivity index (χ0v) is 36.9. The first-order valence-electron chi connectivity index (χ1n) is 21.0. The van der Waals surface area contributed by atoms with Crippen LogP contribution in [-0.4, -0.2) is 122 Å². The summed E-state index contributed by atoms with van der Waals surface area (Å²) in [5.41, 5.74) is 0.460. The van der Waals surface area contributed by atoms with Crippen LogP contribution in [0, 0.1) is 5.92 Å². The number of carbonyl (C=O) groups is 4. The van der Waals surface area contributed by atoms with Gasteiger partial charge in [-0.25, -0.2) is 23.2 Å². The third-order valence-electron chi connectivity index (χ3n) is 12.2. The van der Waals surface area contributed by atoms with Crippen molar-refractivity contribution in [1.82, 2.24) is 35.1 Å². The number of amides is 5. The van der Waals surface area contributed by atoms with Gasteiger partial charge < -0.3 is 34.6 Å². The van der Waals surface area contributed by atoms with Gasteiger partial charge in [-0.1, -0.05) is 36.6 Å². The second-order valence-electron chi connectivity index (χ2n) is 16.7. The summed E-state index contributed by atoms with van der Waals surface area (Å²) in [5, 5.41) is 8.78. The molecule has 3 saturated carbocycles. The maximum Gasteiger partial charge on any atom is 0.317 e. The number of nitrogens with one attached hydrogen (secondary N) is 3. The number of halogens is 1. The lowest BCUT2D eigenvalue weighted by Crippen LogP contribution is -2.58. The number of rotatable bonds is 12. The summed E-state index contributed by atoms with van der Waals surface area (Å²) < 4.78 is 45.6. The Balaban J connectivity index is 1.13. The molecule has 2 aliphatic heterocycles. The Kier molecular flexibility index (Phi) is 12.5. The number of ether oxygens (including phenoxy) is 3. The van der Waals surface area contributed by atoms with E-state index in [4.69, 9.17) is 35.8 Å². The Hall–Kier alpha value is -4.52. The van der Waals surface area contributed by atoms with Crippen LogP contribution >= 0.6 is 22.9 Å². The smallest absolute Gasteiger partial charge is 0.317 e. The number of benzene rings is 1. The highest BCUT2D eigenvalue weighted by atomic mass is 35.5. The van der Waals surface area contributed by atoms with Crippen LogP contribution in [-0.2, 0) is 29.1 Å². The fourth-order valence-corrected chi connectivity index (χ4v) is 10.7. The Labute approximate surface area is 364 Å². The van der Waals surface area contributed by atoms with Gasteiger partial charge in [-0.15, -0.1) is 11.3 Å². The van der Waals surface area contributed by atoms with Gasteiger partial charge in [-0.2, -0.15) is 0 Å². The minimum Gasteiger partial charge on any atom is -0.495 e. The molecule has 8 rings (SSSR count). The van der Waals surface area contributed by atoms with E-state index in [1.165, 1.54) is 35.4 Å². The first-order chi connectivity index (χ1) is 29.3. The van der Waals surface area contributed by atoms with Crippen LogP contribution in [0.2, 0.25) is 5.02 Å². The average molecular weight is 899 g/mol. The summed E-state index contributed by atoms with van der Waals surface area (Å²) in [6.07, 6.45) is 9.60. The van der Waals surface area contributed by atoms with E-state index < -0.39 is 68.7 Å². The number of hydrogen-bond donors (Lipinski definition) is 3. The van der Waals surface area contributed by atoms with Crippen molar-refractivity contribution < 1.29 is 41.8 Å². The van der Waals surface area contributed by atoms with Crippen LogP contribution in [0.3, 0.4) is 0 Å². The fraction of sp³-hybridized carbons (Fsp3) is 0.571. The maximum atomic E-state index is 14.8. The second kappa shape index (κ2) is 17.7. The molecule has 5 unspecified atom stereocenters. The highest BCUT2D eigenvalue weighted by Gasteiger charge is 2.62. The van der Waals surface area contributed by atoms with Crippen molar-refractivity contribution in [1.29, 1.82) is 0 Å². The standard InChI is InChI=1S/C42H52ClN7O9S2/c1-49(17-18-57-2)41(54)46-29-10-8-6-4-5-7-9-25-21-42(25,40(53)48-61(55,56)27-13-14-27)47-37(51)32-19-26(22-50(32)39(29)52)59-34-20-30(38-45-31(23-60-38)24-11-12-24)44-36-28(34)15-16-33(58-3)35(36)43/h7,9,15-16,20,23-27,29,32H,4-6,8,10-14,17-19,21-22H2,1-3H3,(H,46,54)(H,47,51)(H,48,53). The summed E-state index contributed by atoms with van der Waals surface area (Å²) in [5.74, 6) is -1.08. The van der Waals surface area contributed by atoms with Gasteiger partial charge in [0.2, 0.25) is 21.8 Å². The van der Waals surface area contributed by atoms with E-state index in [2.05, 4.69) is 15.4 Å². The predicted molar refractivity (Wildman–Crippen MR) is 229 cm³/mol. The van der Waals surface area contributed by atoms with Gasteiger partial charge in [0.25, 0.3) is 5.91 Å². The summed E-state index contributed by atoms with van der Waals surface area (Å²) in [7, 11) is 0.751. The van der Waals surface area contributed by atoms with Crippen molar-refractivity contribution in [3.8, 4) is 22.2 Å². The van der Waals surface area contributed by atoms with Crippen molar-refractivity contribution in [2.24, 2.45) is 5.92 Å². The summed E-state index contributed by atoms with van der Waals surface area (Å²) in [6.45, 7) is 0.561. The molecule has 5 atom stereocenters. The average Bonchev–Trinajstić information content (AvgIpc) is 4.20. The number of pyridine rings is 1. The van der Waals surface area contributed by atoms with E-state index in [1.807, 2.05) is 17.5 Å². The number of hydrogen-bond acceptors (Lipinski definition) is 12. The van der Waals surface area contributed by atoms with Crippen LogP contribution in [0.4, 0.5) is 4.79 Å². The lowest BCUT2D eigenvalue weighted by Gasteiger charge is -2.30. The van der Waals surface area contributed by atoms with Crippen molar-refractivity contribution in [3.05, 3.63) is 46.4 Å². The van der Waals surface area contributed by atoms with Crippen molar-refractivity contribution >= 4 is 67.6 Å². The Morgan fingerprint density at radius 1 is 1.08 bits per heavy atom. The number of methoxy groups -OCH3 is 2. The molecule has 5 aliphatic rings. The molecule has 61 heavy (non-hydrogen) atoms. The first kappa shape index (κ1) is 43.1. The van der Waals surface area contributed by atoms with Gasteiger partial charge in [0.15, 0.2) is 0 Å². The molecule has 19 heteroatoms. The molecule has 328 valence electrons.